The van der Waals surface area contributed by atoms with Crippen LogP contribution < -0.4 is 15.8 Å². The van der Waals surface area contributed by atoms with Crippen molar-refractivity contribution >= 4 is 32.7 Å². The van der Waals surface area contributed by atoms with Crippen molar-refractivity contribution in [1.29, 1.82) is 0 Å². The maximum Gasteiger partial charge on any atom is 0.316 e. The number of nitrogens with zero attached hydrogens (tertiary/aromatic N) is 1. The Hall–Kier alpha value is -2.49. The minimum atomic E-state index is -3.89. The Labute approximate surface area is 152 Å². The lowest BCUT2D eigenvalue weighted by Gasteiger charge is -2.11. The van der Waals surface area contributed by atoms with Crippen LogP contribution in [0.2, 0.25) is 5.02 Å². The number of H-pyrrole nitrogens is 1. The fourth-order valence-electron chi connectivity index (χ4n) is 2.51. The van der Waals surface area contributed by atoms with Crippen molar-refractivity contribution < 1.29 is 12.8 Å². The number of aromatic amines is 1. The Bertz CT molecular complexity index is 1200. The molecule has 10 heteroatoms. The van der Waals surface area contributed by atoms with Gasteiger partial charge in [0, 0.05) is 13.1 Å². The smallest absolute Gasteiger partial charge is 0.316 e. The average molecular weight is 398 g/mol. The fraction of sp³-hybridized carbons (Fsp3) is 0.125. The molecule has 0 amide bonds. The number of fused-ring (bicyclic) bond motifs is 1. The molecule has 0 spiro atoms. The van der Waals surface area contributed by atoms with Crippen molar-refractivity contribution in [3.05, 3.63) is 74.0 Å². The Balaban J connectivity index is 1.89. The normalized spacial score (nSPS) is 11.8. The van der Waals surface area contributed by atoms with Crippen LogP contribution in [0.15, 0.2) is 56.9 Å². The van der Waals surface area contributed by atoms with E-state index in [1.165, 1.54) is 24.3 Å². The molecule has 0 saturated heterocycles. The molecule has 136 valence electrons. The number of rotatable bonds is 5. The Morgan fingerprint density at radius 1 is 1.15 bits per heavy atom. The number of benzene rings is 2. The van der Waals surface area contributed by atoms with E-state index in [0.717, 1.165) is 16.7 Å². The maximum atomic E-state index is 13.3. The van der Waals surface area contributed by atoms with Crippen molar-refractivity contribution in [3.63, 3.8) is 0 Å². The van der Waals surface area contributed by atoms with Gasteiger partial charge in [-0.25, -0.2) is 17.5 Å². The Kier molecular flexibility index (Phi) is 4.94. The molecule has 0 fully saturated rings. The number of aromatic nitrogens is 2. The van der Waals surface area contributed by atoms with E-state index in [0.29, 0.717) is 0 Å². The van der Waals surface area contributed by atoms with E-state index >= 15 is 0 Å². The minimum Gasteiger partial charge on any atom is -0.316 e. The topological polar surface area (TPSA) is 101 Å². The molecule has 0 atom stereocenters. The number of nitrogens with one attached hydrogen (secondary N) is 2. The van der Waals surface area contributed by atoms with Crippen LogP contribution in [0.25, 0.3) is 11.0 Å². The monoisotopic (exact) mass is 397 g/mol. The summed E-state index contributed by atoms with van der Waals surface area (Å²) in [6, 6.07) is 9.49. The van der Waals surface area contributed by atoms with Gasteiger partial charge in [-0.15, -0.1) is 0 Å². The summed E-state index contributed by atoms with van der Waals surface area (Å²) in [7, 11) is -3.89. The van der Waals surface area contributed by atoms with Crippen LogP contribution in [0.5, 0.6) is 0 Å². The lowest BCUT2D eigenvalue weighted by molar-refractivity contribution is 0.572. The quantitative estimate of drug-likeness (QED) is 0.636. The first-order chi connectivity index (χ1) is 12.3. The second kappa shape index (κ2) is 7.02. The Morgan fingerprint density at radius 2 is 1.88 bits per heavy atom. The van der Waals surface area contributed by atoms with Crippen LogP contribution in [0.1, 0.15) is 0 Å². The van der Waals surface area contributed by atoms with E-state index < -0.39 is 27.0 Å². The molecule has 0 unspecified atom stereocenters. The highest BCUT2D eigenvalue weighted by Gasteiger charge is 2.17. The summed E-state index contributed by atoms with van der Waals surface area (Å²) in [5, 5.41) is 0.0641. The fourth-order valence-corrected chi connectivity index (χ4v) is 4.04. The molecule has 1 heterocycles. The second-order valence-corrected chi connectivity index (χ2v) is 7.54. The lowest BCUT2D eigenvalue weighted by atomic mass is 10.3. The summed E-state index contributed by atoms with van der Waals surface area (Å²) in [6.45, 7) is -0.280. The van der Waals surface area contributed by atoms with Crippen molar-refractivity contribution in [3.8, 4) is 0 Å². The molecule has 0 saturated carbocycles. The zero-order valence-corrected chi connectivity index (χ0v) is 14.8. The first-order valence-electron chi connectivity index (χ1n) is 7.46. The summed E-state index contributed by atoms with van der Waals surface area (Å²) in [4.78, 5) is 26.0. The van der Waals surface area contributed by atoms with Crippen LogP contribution in [0, 0.1) is 5.82 Å². The van der Waals surface area contributed by atoms with Gasteiger partial charge in [0.2, 0.25) is 10.0 Å². The van der Waals surface area contributed by atoms with Gasteiger partial charge in [-0.2, -0.15) is 0 Å². The van der Waals surface area contributed by atoms with E-state index in [9.17, 15) is 22.4 Å². The SMILES string of the molecule is O=c1[nH]c2cc(F)ccc2n(CCNS(=O)(=O)c2ccccc2Cl)c1=O. The molecule has 3 rings (SSSR count). The van der Waals surface area contributed by atoms with Crippen molar-refractivity contribution in [1.82, 2.24) is 14.3 Å². The molecule has 1 aromatic heterocycles. The molecular weight excluding hydrogens is 385 g/mol. The van der Waals surface area contributed by atoms with Gasteiger partial charge in [-0.3, -0.25) is 9.59 Å². The maximum absolute atomic E-state index is 13.3. The van der Waals surface area contributed by atoms with Gasteiger partial charge in [0.15, 0.2) is 0 Å². The zero-order chi connectivity index (χ0) is 18.9. The van der Waals surface area contributed by atoms with Gasteiger partial charge >= 0.3 is 11.1 Å². The van der Waals surface area contributed by atoms with E-state index in [-0.39, 0.29) is 34.0 Å². The number of hydrogen-bond acceptors (Lipinski definition) is 4. The van der Waals surface area contributed by atoms with Gasteiger partial charge in [0.25, 0.3) is 0 Å². The Morgan fingerprint density at radius 3 is 2.62 bits per heavy atom. The molecule has 2 N–H and O–H groups in total. The highest BCUT2D eigenvalue weighted by atomic mass is 35.5. The highest BCUT2D eigenvalue weighted by molar-refractivity contribution is 7.89. The standard InChI is InChI=1S/C16H13ClFN3O4S/c17-11-3-1-2-4-14(11)26(24,25)19-7-8-21-13-6-5-10(18)9-12(13)20-15(22)16(21)23/h1-6,9,19H,7-8H2,(H,20,22). The van der Waals surface area contributed by atoms with Crippen LogP contribution >= 0.6 is 11.6 Å². The molecule has 0 aliphatic heterocycles. The van der Waals surface area contributed by atoms with E-state index in [2.05, 4.69) is 9.71 Å². The molecule has 0 aliphatic rings. The third kappa shape index (κ3) is 3.55. The predicted molar refractivity (Wildman–Crippen MR) is 95.4 cm³/mol. The molecule has 7 nitrogen and oxygen atoms in total. The van der Waals surface area contributed by atoms with E-state index in [4.69, 9.17) is 11.6 Å². The third-order valence-electron chi connectivity index (χ3n) is 3.69. The minimum absolute atomic E-state index is 0.0641. The lowest BCUT2D eigenvalue weighted by Crippen LogP contribution is -2.39. The predicted octanol–water partition coefficient (Wildman–Crippen LogP) is 1.46. The van der Waals surface area contributed by atoms with Crippen LogP contribution in [0.4, 0.5) is 4.39 Å². The van der Waals surface area contributed by atoms with Gasteiger partial charge in [-0.1, -0.05) is 23.7 Å². The number of hydrogen-bond donors (Lipinski definition) is 2. The van der Waals surface area contributed by atoms with Crippen molar-refractivity contribution in [2.24, 2.45) is 0 Å². The van der Waals surface area contributed by atoms with E-state index in [1.54, 1.807) is 6.07 Å². The van der Waals surface area contributed by atoms with Crippen molar-refractivity contribution in [2.75, 3.05) is 6.54 Å². The summed E-state index contributed by atoms with van der Waals surface area (Å²) in [5.74, 6) is -0.572. The molecular formula is C16H13ClFN3O4S. The summed E-state index contributed by atoms with van der Waals surface area (Å²) in [6.07, 6.45) is 0. The van der Waals surface area contributed by atoms with Gasteiger partial charge < -0.3 is 9.55 Å². The highest BCUT2D eigenvalue weighted by Crippen LogP contribution is 2.20. The average Bonchev–Trinajstić information content (AvgIpc) is 2.58. The molecule has 0 bridgehead atoms. The van der Waals surface area contributed by atoms with Crippen LogP contribution in [-0.2, 0) is 16.6 Å². The molecule has 3 aromatic rings. The molecule has 26 heavy (non-hydrogen) atoms. The van der Waals surface area contributed by atoms with Crippen LogP contribution in [-0.4, -0.2) is 24.5 Å². The number of sulfonamides is 1. The van der Waals surface area contributed by atoms with Crippen LogP contribution in [0.3, 0.4) is 0 Å². The summed E-state index contributed by atoms with van der Waals surface area (Å²) in [5.41, 5.74) is -1.35. The largest absolute Gasteiger partial charge is 0.316 e. The molecule has 0 radical (unpaired) electrons. The second-order valence-electron chi connectivity index (χ2n) is 5.40. The molecule has 2 aromatic carbocycles. The van der Waals surface area contributed by atoms with Gasteiger partial charge in [0.05, 0.1) is 16.1 Å². The van der Waals surface area contributed by atoms with E-state index in [1.807, 2.05) is 0 Å². The van der Waals surface area contributed by atoms with Crippen molar-refractivity contribution in [2.45, 2.75) is 11.4 Å². The van der Waals surface area contributed by atoms with Gasteiger partial charge in [0.1, 0.15) is 10.7 Å². The third-order valence-corrected chi connectivity index (χ3v) is 5.65. The molecule has 0 aliphatic carbocycles. The number of halogens is 2. The first-order valence-corrected chi connectivity index (χ1v) is 9.32. The summed E-state index contributed by atoms with van der Waals surface area (Å²) >= 11 is 5.89. The first kappa shape index (κ1) is 18.3. The zero-order valence-electron chi connectivity index (χ0n) is 13.2. The van der Waals surface area contributed by atoms with Gasteiger partial charge in [-0.05, 0) is 30.3 Å². The summed E-state index contributed by atoms with van der Waals surface area (Å²) < 4.78 is 41.3.